The molecule has 188 valence electrons. The van der Waals surface area contributed by atoms with Crippen LogP contribution in [-0.4, -0.2) is 38.6 Å². The van der Waals surface area contributed by atoms with Crippen LogP contribution in [0, 0.1) is 0 Å². The van der Waals surface area contributed by atoms with Crippen LogP contribution in [0.25, 0.3) is 0 Å². The average Bonchev–Trinajstić information content (AvgIpc) is 2.83. The average molecular weight is 537 g/mol. The van der Waals surface area contributed by atoms with E-state index in [1.165, 1.54) is 40.7 Å². The lowest BCUT2D eigenvalue weighted by atomic mass is 10.0. The van der Waals surface area contributed by atoms with E-state index in [0.29, 0.717) is 18.5 Å². The maximum Gasteiger partial charge on any atom is 0.387 e. The largest absolute Gasteiger partial charge is 0.478 e. The van der Waals surface area contributed by atoms with Gasteiger partial charge < -0.3 is 15.2 Å². The third-order valence-electron chi connectivity index (χ3n) is 5.52. The Labute approximate surface area is 210 Å². The van der Waals surface area contributed by atoms with Gasteiger partial charge in [-0.3, -0.25) is 9.10 Å². The van der Waals surface area contributed by atoms with E-state index in [0.717, 1.165) is 17.7 Å². The van der Waals surface area contributed by atoms with Crippen LogP contribution in [0.15, 0.2) is 65.6 Å². The van der Waals surface area contributed by atoms with E-state index in [-0.39, 0.29) is 39.0 Å². The van der Waals surface area contributed by atoms with E-state index in [9.17, 15) is 26.8 Å². The number of carboxylic acids is 1. The van der Waals surface area contributed by atoms with Gasteiger partial charge in [0.1, 0.15) is 5.75 Å². The van der Waals surface area contributed by atoms with Gasteiger partial charge >= 0.3 is 12.6 Å². The molecule has 0 aromatic heterocycles. The second-order valence-corrected chi connectivity index (χ2v) is 10.1. The predicted molar refractivity (Wildman–Crippen MR) is 129 cm³/mol. The first-order valence-corrected chi connectivity index (χ1v) is 12.4. The van der Waals surface area contributed by atoms with Crippen molar-refractivity contribution in [2.24, 2.45) is 0 Å². The molecule has 0 radical (unpaired) electrons. The number of carboxylic acid groups (broad SMARTS) is 1. The van der Waals surface area contributed by atoms with Crippen LogP contribution in [0.2, 0.25) is 5.02 Å². The van der Waals surface area contributed by atoms with Gasteiger partial charge in [-0.25, -0.2) is 13.2 Å². The Morgan fingerprint density at radius 1 is 1.06 bits per heavy atom. The van der Waals surface area contributed by atoms with Gasteiger partial charge in [-0.05, 0) is 73.0 Å². The van der Waals surface area contributed by atoms with Gasteiger partial charge in [0.25, 0.3) is 15.9 Å². The second-order valence-electron chi connectivity index (χ2n) is 7.83. The highest BCUT2D eigenvalue weighted by atomic mass is 35.5. The lowest BCUT2D eigenvalue weighted by Crippen LogP contribution is -2.35. The lowest BCUT2D eigenvalue weighted by Gasteiger charge is -2.31. The van der Waals surface area contributed by atoms with Gasteiger partial charge in [-0.1, -0.05) is 17.7 Å². The summed E-state index contributed by atoms with van der Waals surface area (Å²) in [5.41, 5.74) is 1.39. The van der Waals surface area contributed by atoms with E-state index in [1.807, 2.05) is 0 Å². The zero-order valence-corrected chi connectivity index (χ0v) is 20.0. The van der Waals surface area contributed by atoms with Gasteiger partial charge in [-0.2, -0.15) is 8.78 Å². The Bertz CT molecular complexity index is 1430. The first-order chi connectivity index (χ1) is 17.1. The molecule has 0 saturated heterocycles. The molecule has 3 aromatic rings. The molecule has 36 heavy (non-hydrogen) atoms. The van der Waals surface area contributed by atoms with Gasteiger partial charge in [0.2, 0.25) is 0 Å². The highest BCUT2D eigenvalue weighted by Crippen LogP contribution is 2.34. The van der Waals surface area contributed by atoms with Crippen molar-refractivity contribution in [2.75, 3.05) is 16.2 Å². The second kappa shape index (κ2) is 10.1. The molecule has 8 nitrogen and oxygen atoms in total. The number of alkyl halides is 2. The third kappa shape index (κ3) is 5.26. The maximum atomic E-state index is 13.4. The predicted octanol–water partition coefficient (Wildman–Crippen LogP) is 5.03. The van der Waals surface area contributed by atoms with Crippen molar-refractivity contribution in [1.82, 2.24) is 0 Å². The number of aromatic carboxylic acids is 1. The Kier molecular flexibility index (Phi) is 7.14. The molecule has 0 aliphatic carbocycles. The van der Waals surface area contributed by atoms with Crippen molar-refractivity contribution < 1.29 is 36.6 Å². The van der Waals surface area contributed by atoms with Crippen molar-refractivity contribution in [3.05, 3.63) is 82.4 Å². The quantitative estimate of drug-likeness (QED) is 0.438. The van der Waals surface area contributed by atoms with Crippen LogP contribution in [0.4, 0.5) is 20.2 Å². The lowest BCUT2D eigenvalue weighted by molar-refractivity contribution is -0.0498. The number of anilines is 2. The van der Waals surface area contributed by atoms with Gasteiger partial charge in [-0.15, -0.1) is 0 Å². The Morgan fingerprint density at radius 3 is 2.42 bits per heavy atom. The van der Waals surface area contributed by atoms with Gasteiger partial charge in [0, 0.05) is 17.8 Å². The topological polar surface area (TPSA) is 113 Å². The standard InChI is InChI=1S/C24H19ClF2N2O6S/c25-20-13-16(5-10-19(20)23(31)32)28-22(30)15-4-3-14-2-1-11-29(21(14)12-15)36(33,34)18-8-6-17(7-9-18)35-24(26)27/h3-10,12-13,24H,1-2,11H2,(H,28,30)(H,31,32). The molecule has 12 heteroatoms. The Balaban J connectivity index is 1.61. The normalized spacial score (nSPS) is 13.3. The molecule has 0 bridgehead atoms. The van der Waals surface area contributed by atoms with Gasteiger partial charge in [0.15, 0.2) is 0 Å². The number of amides is 1. The zero-order valence-electron chi connectivity index (χ0n) is 18.4. The fourth-order valence-corrected chi connectivity index (χ4v) is 5.62. The summed E-state index contributed by atoms with van der Waals surface area (Å²) in [6.07, 6.45) is 1.16. The number of aryl methyl sites for hydroxylation is 1. The SMILES string of the molecule is O=C(Nc1ccc(C(=O)O)c(Cl)c1)c1ccc2c(c1)N(S(=O)(=O)c1ccc(OC(F)F)cc1)CCC2. The summed E-state index contributed by atoms with van der Waals surface area (Å²) in [4.78, 5) is 23.9. The Morgan fingerprint density at radius 2 is 1.78 bits per heavy atom. The van der Waals surface area contributed by atoms with E-state index in [2.05, 4.69) is 10.1 Å². The number of halogens is 3. The number of carbonyl (C=O) groups is 2. The molecule has 0 unspecified atom stereocenters. The summed E-state index contributed by atoms with van der Waals surface area (Å²) in [6, 6.07) is 13.3. The summed E-state index contributed by atoms with van der Waals surface area (Å²) < 4.78 is 57.0. The minimum atomic E-state index is -4.06. The molecule has 0 fully saturated rings. The number of ether oxygens (including phenoxy) is 1. The van der Waals surface area contributed by atoms with Crippen LogP contribution >= 0.6 is 11.6 Å². The van der Waals surface area contributed by atoms with Crippen molar-refractivity contribution in [3.63, 3.8) is 0 Å². The third-order valence-corrected chi connectivity index (χ3v) is 7.66. The molecule has 0 saturated carbocycles. The smallest absolute Gasteiger partial charge is 0.387 e. The highest BCUT2D eigenvalue weighted by Gasteiger charge is 2.30. The van der Waals surface area contributed by atoms with Crippen LogP contribution in [0.3, 0.4) is 0 Å². The molecule has 1 amide bonds. The van der Waals surface area contributed by atoms with Crippen LogP contribution in [0.5, 0.6) is 5.75 Å². The summed E-state index contributed by atoms with van der Waals surface area (Å²) in [5.74, 6) is -1.92. The molecule has 1 heterocycles. The van der Waals surface area contributed by atoms with Crippen molar-refractivity contribution >= 4 is 44.9 Å². The number of hydrogen-bond donors (Lipinski definition) is 2. The van der Waals surface area contributed by atoms with Crippen LogP contribution < -0.4 is 14.4 Å². The molecule has 3 aromatic carbocycles. The minimum Gasteiger partial charge on any atom is -0.478 e. The number of nitrogens with one attached hydrogen (secondary N) is 1. The number of carbonyl (C=O) groups excluding carboxylic acids is 1. The molecule has 4 rings (SSSR count). The fraction of sp³-hybridized carbons (Fsp3) is 0.167. The van der Waals surface area contributed by atoms with Crippen LogP contribution in [0.1, 0.15) is 32.7 Å². The molecule has 1 aliphatic rings. The van der Waals surface area contributed by atoms with Crippen LogP contribution in [-0.2, 0) is 16.4 Å². The van der Waals surface area contributed by atoms with Gasteiger partial charge in [0.05, 0.1) is 21.2 Å². The monoisotopic (exact) mass is 536 g/mol. The fourth-order valence-electron chi connectivity index (χ4n) is 3.82. The molecular formula is C24H19ClF2N2O6S. The summed E-state index contributed by atoms with van der Waals surface area (Å²) in [5, 5.41) is 11.7. The van der Waals surface area contributed by atoms with Crippen molar-refractivity contribution in [3.8, 4) is 5.75 Å². The minimum absolute atomic E-state index is 0.0482. The first kappa shape index (κ1) is 25.4. The van der Waals surface area contributed by atoms with E-state index >= 15 is 0 Å². The zero-order chi connectivity index (χ0) is 26.0. The number of fused-ring (bicyclic) bond motifs is 1. The van der Waals surface area contributed by atoms with E-state index < -0.39 is 28.5 Å². The maximum absolute atomic E-state index is 13.4. The number of benzene rings is 3. The first-order valence-electron chi connectivity index (χ1n) is 10.6. The molecular weight excluding hydrogens is 518 g/mol. The Hall–Kier alpha value is -3.70. The van der Waals surface area contributed by atoms with Crippen molar-refractivity contribution in [2.45, 2.75) is 24.3 Å². The number of hydrogen-bond acceptors (Lipinski definition) is 5. The van der Waals surface area contributed by atoms with E-state index in [4.69, 9.17) is 16.7 Å². The highest BCUT2D eigenvalue weighted by molar-refractivity contribution is 7.92. The molecule has 1 aliphatic heterocycles. The summed E-state index contributed by atoms with van der Waals surface area (Å²) in [7, 11) is -4.06. The molecule has 0 atom stereocenters. The summed E-state index contributed by atoms with van der Waals surface area (Å²) >= 11 is 5.96. The number of sulfonamides is 1. The molecule has 0 spiro atoms. The van der Waals surface area contributed by atoms with Crippen molar-refractivity contribution in [1.29, 1.82) is 0 Å². The summed E-state index contributed by atoms with van der Waals surface area (Å²) in [6.45, 7) is -2.86. The van der Waals surface area contributed by atoms with E-state index in [1.54, 1.807) is 12.1 Å². The molecule has 2 N–H and O–H groups in total. The number of rotatable bonds is 7. The number of nitrogens with zero attached hydrogens (tertiary/aromatic N) is 1.